The minimum absolute atomic E-state index is 0.0175. The molecule has 1 amide bonds. The maximum Gasteiger partial charge on any atom is 0.252 e. The first-order chi connectivity index (χ1) is 16.9. The van der Waals surface area contributed by atoms with Crippen LogP contribution in [0, 0.1) is 5.82 Å². The van der Waals surface area contributed by atoms with Gasteiger partial charge in [0.25, 0.3) is 5.91 Å². The maximum atomic E-state index is 14.8. The molecule has 35 heavy (non-hydrogen) atoms. The summed E-state index contributed by atoms with van der Waals surface area (Å²) in [5.41, 5.74) is 13.8. The molecule has 2 heterocycles. The normalized spacial score (nSPS) is 17.5. The van der Waals surface area contributed by atoms with Gasteiger partial charge in [0.15, 0.2) is 23.1 Å². The summed E-state index contributed by atoms with van der Waals surface area (Å²) in [5.74, 6) is -0.141. The van der Waals surface area contributed by atoms with E-state index in [9.17, 15) is 9.18 Å². The molecule has 1 aliphatic carbocycles. The summed E-state index contributed by atoms with van der Waals surface area (Å²) >= 11 is 0. The molecule has 1 aliphatic rings. The van der Waals surface area contributed by atoms with Gasteiger partial charge in [0.2, 0.25) is 0 Å². The van der Waals surface area contributed by atoms with Crippen molar-refractivity contribution in [3.63, 3.8) is 0 Å². The number of hydrogen-bond acceptors (Lipinski definition) is 8. The third kappa shape index (κ3) is 5.43. The van der Waals surface area contributed by atoms with E-state index in [0.717, 1.165) is 42.9 Å². The van der Waals surface area contributed by atoms with Gasteiger partial charge in [-0.05, 0) is 42.7 Å². The predicted octanol–water partition coefficient (Wildman–Crippen LogP) is 3.82. The summed E-state index contributed by atoms with van der Waals surface area (Å²) in [7, 11) is 3.13. The molecule has 0 unspecified atom stereocenters. The molecular formula is C25H29FN6O3. The fourth-order valence-corrected chi connectivity index (χ4v) is 4.21. The molecule has 4 rings (SSSR count). The van der Waals surface area contributed by atoms with Crippen LogP contribution in [0.3, 0.4) is 0 Å². The lowest BCUT2D eigenvalue weighted by molar-refractivity contribution is 0.100. The summed E-state index contributed by atoms with van der Waals surface area (Å²) in [6, 6.07) is 8.22. The van der Waals surface area contributed by atoms with Crippen molar-refractivity contribution in [3.8, 4) is 22.6 Å². The topological polar surface area (TPSA) is 137 Å². The van der Waals surface area contributed by atoms with Crippen LogP contribution in [-0.2, 0) is 0 Å². The van der Waals surface area contributed by atoms with Crippen molar-refractivity contribution in [1.29, 1.82) is 0 Å². The van der Waals surface area contributed by atoms with E-state index in [-0.39, 0.29) is 29.3 Å². The zero-order chi connectivity index (χ0) is 24.9. The first kappa shape index (κ1) is 24.2. The lowest BCUT2D eigenvalue weighted by Gasteiger charge is -2.30. The Hall–Kier alpha value is -3.92. The van der Waals surface area contributed by atoms with Gasteiger partial charge in [0.05, 0.1) is 31.7 Å². The average molecular weight is 481 g/mol. The van der Waals surface area contributed by atoms with Gasteiger partial charge in [0, 0.05) is 23.8 Å². The largest absolute Gasteiger partial charge is 0.493 e. The van der Waals surface area contributed by atoms with Crippen LogP contribution in [0.5, 0.6) is 11.5 Å². The molecule has 0 radical (unpaired) electrons. The van der Waals surface area contributed by atoms with Gasteiger partial charge in [-0.2, -0.15) is 0 Å². The van der Waals surface area contributed by atoms with Crippen molar-refractivity contribution in [2.75, 3.05) is 24.9 Å². The molecule has 1 aromatic carbocycles. The Morgan fingerprint density at radius 2 is 1.80 bits per heavy atom. The van der Waals surface area contributed by atoms with Crippen molar-refractivity contribution in [2.45, 2.75) is 37.8 Å². The number of methoxy groups -OCH3 is 2. The number of aromatic nitrogens is 2. The van der Waals surface area contributed by atoms with E-state index >= 15 is 0 Å². The van der Waals surface area contributed by atoms with Crippen molar-refractivity contribution in [2.24, 2.45) is 11.5 Å². The molecule has 6 N–H and O–H groups in total. The number of primary amides is 1. The summed E-state index contributed by atoms with van der Waals surface area (Å²) in [4.78, 5) is 20.7. The zero-order valence-electron chi connectivity index (χ0n) is 19.7. The number of halogens is 1. The molecule has 1 saturated carbocycles. The second-order valence-corrected chi connectivity index (χ2v) is 8.44. The number of nitrogens with two attached hydrogens (primary N) is 2. The number of ether oxygens (including phenoxy) is 2. The van der Waals surface area contributed by atoms with Gasteiger partial charge >= 0.3 is 0 Å². The fourth-order valence-electron chi connectivity index (χ4n) is 4.21. The van der Waals surface area contributed by atoms with Crippen LogP contribution in [-0.4, -0.2) is 42.2 Å². The Morgan fingerprint density at radius 3 is 2.51 bits per heavy atom. The van der Waals surface area contributed by atoms with Crippen molar-refractivity contribution >= 4 is 23.2 Å². The smallest absolute Gasteiger partial charge is 0.252 e. The third-order valence-electron chi connectivity index (χ3n) is 6.10. The van der Waals surface area contributed by atoms with Crippen LogP contribution in [0.15, 0.2) is 42.7 Å². The Morgan fingerprint density at radius 1 is 1.03 bits per heavy atom. The molecule has 184 valence electrons. The lowest BCUT2D eigenvalue weighted by atomic mass is 9.91. The van der Waals surface area contributed by atoms with Gasteiger partial charge in [-0.15, -0.1) is 0 Å². The molecule has 2 aromatic heterocycles. The van der Waals surface area contributed by atoms with Gasteiger partial charge in [-0.25, -0.2) is 9.37 Å². The number of carbonyl (C=O) groups excluding carboxylic acids is 1. The quantitative estimate of drug-likeness (QED) is 0.382. The number of benzene rings is 1. The highest BCUT2D eigenvalue weighted by atomic mass is 19.1. The zero-order valence-corrected chi connectivity index (χ0v) is 19.7. The Kier molecular flexibility index (Phi) is 7.31. The number of anilines is 3. The second-order valence-electron chi connectivity index (χ2n) is 8.44. The number of pyridine rings is 2. The van der Waals surface area contributed by atoms with Crippen LogP contribution < -0.4 is 31.6 Å². The van der Waals surface area contributed by atoms with Crippen LogP contribution in [0.1, 0.15) is 36.0 Å². The van der Waals surface area contributed by atoms with E-state index in [1.54, 1.807) is 32.7 Å². The number of nitrogens with one attached hydrogen (secondary N) is 2. The lowest BCUT2D eigenvalue weighted by Crippen LogP contribution is -2.43. The molecule has 0 aliphatic heterocycles. The number of rotatable bonds is 8. The minimum Gasteiger partial charge on any atom is -0.493 e. The van der Waals surface area contributed by atoms with Crippen LogP contribution >= 0.6 is 0 Å². The summed E-state index contributed by atoms with van der Waals surface area (Å²) in [6.07, 6.45) is 7.00. The highest BCUT2D eigenvalue weighted by Gasteiger charge is 2.24. The Labute approximate surface area is 203 Å². The Balaban J connectivity index is 1.64. The van der Waals surface area contributed by atoms with Gasteiger partial charge < -0.3 is 31.6 Å². The minimum atomic E-state index is -0.802. The van der Waals surface area contributed by atoms with Crippen LogP contribution in [0.2, 0.25) is 0 Å². The average Bonchev–Trinajstić information content (AvgIpc) is 2.86. The molecule has 2 atom stereocenters. The molecule has 9 nitrogen and oxygen atoms in total. The van der Waals surface area contributed by atoms with E-state index in [2.05, 4.69) is 20.6 Å². The monoisotopic (exact) mass is 480 g/mol. The van der Waals surface area contributed by atoms with Crippen LogP contribution in [0.4, 0.5) is 21.7 Å². The Bertz CT molecular complexity index is 1220. The standard InChI is InChI=1S/C25H29FN6O3/c1-34-21-8-7-14(10-22(21)35-2)15-9-16(13-29-12-15)30-24-17(23(28)33)11-18(26)25(32-24)31-20-6-4-3-5-19(20)27/h7-13,19-20H,3-6,27H2,1-2H3,(H2,28,33)(H2,30,31,32)/t19-,20+/m0/s1. The van der Waals surface area contributed by atoms with Crippen molar-refractivity contribution in [1.82, 2.24) is 9.97 Å². The first-order valence-electron chi connectivity index (χ1n) is 11.4. The molecule has 10 heteroatoms. The molecule has 3 aromatic rings. The van der Waals surface area contributed by atoms with Crippen molar-refractivity contribution in [3.05, 3.63) is 54.1 Å². The van der Waals surface area contributed by atoms with E-state index in [0.29, 0.717) is 17.2 Å². The van der Waals surface area contributed by atoms with E-state index < -0.39 is 11.7 Å². The van der Waals surface area contributed by atoms with Crippen LogP contribution in [0.25, 0.3) is 11.1 Å². The van der Waals surface area contributed by atoms with E-state index in [1.807, 2.05) is 18.2 Å². The van der Waals surface area contributed by atoms with Gasteiger partial charge in [0.1, 0.15) is 5.82 Å². The van der Waals surface area contributed by atoms with E-state index in [1.165, 1.54) is 0 Å². The maximum absolute atomic E-state index is 14.8. The summed E-state index contributed by atoms with van der Waals surface area (Å²) < 4.78 is 25.5. The third-order valence-corrected chi connectivity index (χ3v) is 6.10. The highest BCUT2D eigenvalue weighted by molar-refractivity contribution is 5.98. The SMILES string of the molecule is COc1ccc(-c2cncc(Nc3nc(N[C@@H]4CCCC[C@@H]4N)c(F)cc3C(N)=O)c2)cc1OC. The fraction of sp³-hybridized carbons (Fsp3) is 0.320. The molecule has 0 saturated heterocycles. The van der Waals surface area contributed by atoms with E-state index in [4.69, 9.17) is 20.9 Å². The number of amides is 1. The van der Waals surface area contributed by atoms with Gasteiger partial charge in [-0.1, -0.05) is 18.9 Å². The first-order valence-corrected chi connectivity index (χ1v) is 11.4. The van der Waals surface area contributed by atoms with Crippen molar-refractivity contribution < 1.29 is 18.7 Å². The molecular weight excluding hydrogens is 451 g/mol. The number of carbonyl (C=O) groups is 1. The predicted molar refractivity (Wildman–Crippen MR) is 133 cm³/mol. The number of nitrogens with zero attached hydrogens (tertiary/aromatic N) is 2. The molecule has 0 bridgehead atoms. The summed E-state index contributed by atoms with van der Waals surface area (Å²) in [5, 5.41) is 6.17. The summed E-state index contributed by atoms with van der Waals surface area (Å²) in [6.45, 7) is 0. The molecule has 0 spiro atoms. The number of hydrogen-bond donors (Lipinski definition) is 4. The van der Waals surface area contributed by atoms with Gasteiger partial charge in [-0.3, -0.25) is 9.78 Å². The molecule has 1 fully saturated rings. The second kappa shape index (κ2) is 10.6. The highest BCUT2D eigenvalue weighted by Crippen LogP contribution is 2.33.